The molecule has 132 valence electrons. The van der Waals surface area contributed by atoms with Gasteiger partial charge in [-0.15, -0.1) is 0 Å². The van der Waals surface area contributed by atoms with Crippen LogP contribution in [0, 0.1) is 0 Å². The lowest BCUT2D eigenvalue weighted by Crippen LogP contribution is -2.42. The van der Waals surface area contributed by atoms with Crippen LogP contribution in [0.15, 0.2) is 30.3 Å². The average Bonchev–Trinajstić information content (AvgIpc) is 2.43. The Kier molecular flexibility index (Phi) is 8.49. The predicted octanol–water partition coefficient (Wildman–Crippen LogP) is 3.89. The SMILES string of the molecule is C[Si](C)(C)O[Si](C)(C)CCCOCC(O)COc1ccccc1. The molecule has 0 aromatic heterocycles. The fourth-order valence-electron chi connectivity index (χ4n) is 2.46. The summed E-state index contributed by atoms with van der Waals surface area (Å²) in [6, 6.07) is 10.6. The van der Waals surface area contributed by atoms with E-state index in [0.29, 0.717) is 13.2 Å². The summed E-state index contributed by atoms with van der Waals surface area (Å²) in [7, 11) is -3.04. The van der Waals surface area contributed by atoms with Crippen LogP contribution in [0.4, 0.5) is 0 Å². The topological polar surface area (TPSA) is 47.9 Å². The van der Waals surface area contributed by atoms with E-state index in [1.54, 1.807) is 0 Å². The minimum atomic E-state index is -1.58. The van der Waals surface area contributed by atoms with Gasteiger partial charge >= 0.3 is 0 Å². The van der Waals surface area contributed by atoms with Crippen LogP contribution in [0.3, 0.4) is 0 Å². The molecule has 1 aromatic carbocycles. The van der Waals surface area contributed by atoms with Gasteiger partial charge in [0.1, 0.15) is 18.5 Å². The Morgan fingerprint density at radius 3 is 2.26 bits per heavy atom. The van der Waals surface area contributed by atoms with Gasteiger partial charge < -0.3 is 18.7 Å². The van der Waals surface area contributed by atoms with Crippen molar-refractivity contribution in [2.24, 2.45) is 0 Å². The number of para-hydroxylation sites is 1. The lowest BCUT2D eigenvalue weighted by atomic mass is 10.3. The van der Waals surface area contributed by atoms with E-state index >= 15 is 0 Å². The minimum absolute atomic E-state index is 0.253. The van der Waals surface area contributed by atoms with E-state index < -0.39 is 22.7 Å². The predicted molar refractivity (Wildman–Crippen MR) is 100 cm³/mol. The maximum absolute atomic E-state index is 9.86. The maximum Gasteiger partial charge on any atom is 0.173 e. The summed E-state index contributed by atoms with van der Waals surface area (Å²) in [6.07, 6.45) is 0.384. The molecule has 1 aromatic rings. The normalized spacial score (nSPS) is 13.8. The van der Waals surface area contributed by atoms with Crippen LogP contribution >= 0.6 is 0 Å². The van der Waals surface area contributed by atoms with Crippen LogP contribution in [0.5, 0.6) is 5.75 Å². The number of hydrogen-bond acceptors (Lipinski definition) is 4. The number of aliphatic hydroxyl groups is 1. The third-order valence-electron chi connectivity index (χ3n) is 3.15. The van der Waals surface area contributed by atoms with Gasteiger partial charge in [-0.25, -0.2) is 0 Å². The largest absolute Gasteiger partial charge is 0.491 e. The van der Waals surface area contributed by atoms with Crippen molar-refractivity contribution >= 4 is 16.6 Å². The first kappa shape index (κ1) is 20.4. The maximum atomic E-state index is 9.86. The number of benzene rings is 1. The van der Waals surface area contributed by atoms with E-state index in [0.717, 1.165) is 18.2 Å². The first-order chi connectivity index (χ1) is 10.7. The molecule has 6 heteroatoms. The Balaban J connectivity index is 2.10. The standard InChI is InChI=1S/C17H32O4Si2/c1-22(2,3)21-23(4,5)13-9-12-19-14-16(18)15-20-17-10-7-6-8-11-17/h6-8,10-11,16,18H,9,12-15H2,1-5H3. The van der Waals surface area contributed by atoms with Gasteiger partial charge in [-0.3, -0.25) is 0 Å². The molecule has 0 saturated heterocycles. The number of aliphatic hydroxyl groups excluding tert-OH is 1. The van der Waals surface area contributed by atoms with Gasteiger partial charge in [0.2, 0.25) is 0 Å². The molecule has 1 N–H and O–H groups in total. The Hall–Kier alpha value is -0.666. The van der Waals surface area contributed by atoms with Gasteiger partial charge in [-0.1, -0.05) is 18.2 Å². The Bertz CT molecular complexity index is 432. The van der Waals surface area contributed by atoms with Crippen LogP contribution in [-0.4, -0.2) is 47.7 Å². The molecule has 1 atom stereocenters. The third kappa shape index (κ3) is 10.7. The molecule has 1 rings (SSSR count). The molecular formula is C17H32O4Si2. The van der Waals surface area contributed by atoms with Gasteiger partial charge in [-0.05, 0) is 57.3 Å². The lowest BCUT2D eigenvalue weighted by Gasteiger charge is -2.31. The summed E-state index contributed by atoms with van der Waals surface area (Å²) < 4.78 is 17.3. The van der Waals surface area contributed by atoms with Gasteiger partial charge in [0.05, 0.1) is 6.61 Å². The molecule has 0 radical (unpaired) electrons. The van der Waals surface area contributed by atoms with Crippen molar-refractivity contribution in [1.29, 1.82) is 0 Å². The molecule has 23 heavy (non-hydrogen) atoms. The number of ether oxygens (including phenoxy) is 2. The Morgan fingerprint density at radius 1 is 1.00 bits per heavy atom. The van der Waals surface area contributed by atoms with E-state index in [2.05, 4.69) is 32.7 Å². The zero-order valence-corrected chi connectivity index (χ0v) is 17.2. The van der Waals surface area contributed by atoms with Crippen molar-refractivity contribution in [3.63, 3.8) is 0 Å². The zero-order valence-electron chi connectivity index (χ0n) is 15.2. The van der Waals surface area contributed by atoms with Gasteiger partial charge in [0.15, 0.2) is 16.6 Å². The van der Waals surface area contributed by atoms with Gasteiger partial charge in [0.25, 0.3) is 0 Å². The second-order valence-corrected chi connectivity index (χ2v) is 16.5. The quantitative estimate of drug-likeness (QED) is 0.483. The molecule has 0 amide bonds. The van der Waals surface area contributed by atoms with Crippen molar-refractivity contribution in [3.8, 4) is 5.75 Å². The molecular weight excluding hydrogens is 324 g/mol. The molecule has 0 aliphatic carbocycles. The molecule has 0 bridgehead atoms. The van der Waals surface area contributed by atoms with E-state index in [1.165, 1.54) is 0 Å². The van der Waals surface area contributed by atoms with Crippen molar-refractivity contribution < 1.29 is 18.7 Å². The second kappa shape index (κ2) is 9.59. The fourth-order valence-corrected chi connectivity index (χ4v) is 10.5. The van der Waals surface area contributed by atoms with E-state index in [4.69, 9.17) is 13.6 Å². The van der Waals surface area contributed by atoms with Crippen LogP contribution in [0.2, 0.25) is 38.8 Å². The van der Waals surface area contributed by atoms with Crippen molar-refractivity contribution in [2.45, 2.75) is 51.3 Å². The summed E-state index contributed by atoms with van der Waals surface area (Å²) in [5.41, 5.74) is 0. The highest BCUT2D eigenvalue weighted by molar-refractivity contribution is 6.84. The first-order valence-corrected chi connectivity index (χ1v) is 14.8. The third-order valence-corrected chi connectivity index (χ3v) is 9.36. The van der Waals surface area contributed by atoms with Gasteiger partial charge in [-0.2, -0.15) is 0 Å². The minimum Gasteiger partial charge on any atom is -0.491 e. The molecule has 4 nitrogen and oxygen atoms in total. The van der Waals surface area contributed by atoms with Crippen LogP contribution < -0.4 is 4.74 Å². The second-order valence-electron chi connectivity index (χ2n) is 7.43. The first-order valence-electron chi connectivity index (χ1n) is 8.32. The number of rotatable bonds is 11. The Morgan fingerprint density at radius 2 is 1.65 bits per heavy atom. The van der Waals surface area contributed by atoms with E-state index in [1.807, 2.05) is 30.3 Å². The highest BCUT2D eigenvalue weighted by Crippen LogP contribution is 2.19. The molecule has 0 aliphatic heterocycles. The Labute approximate surface area is 143 Å². The number of hydrogen-bond donors (Lipinski definition) is 1. The van der Waals surface area contributed by atoms with Crippen LogP contribution in [0.25, 0.3) is 0 Å². The zero-order chi connectivity index (χ0) is 17.3. The monoisotopic (exact) mass is 356 g/mol. The van der Waals surface area contributed by atoms with Crippen molar-refractivity contribution in [1.82, 2.24) is 0 Å². The van der Waals surface area contributed by atoms with E-state index in [-0.39, 0.29) is 6.61 Å². The molecule has 0 fully saturated rings. The highest BCUT2D eigenvalue weighted by Gasteiger charge is 2.28. The summed E-state index contributed by atoms with van der Waals surface area (Å²) in [5, 5.41) is 9.86. The molecule has 0 spiro atoms. The van der Waals surface area contributed by atoms with Crippen LogP contribution in [0.1, 0.15) is 6.42 Å². The van der Waals surface area contributed by atoms with Crippen molar-refractivity contribution in [3.05, 3.63) is 30.3 Å². The molecule has 0 saturated carbocycles. The van der Waals surface area contributed by atoms with Gasteiger partial charge in [0, 0.05) is 6.61 Å². The smallest absolute Gasteiger partial charge is 0.173 e. The molecule has 0 aliphatic rings. The summed E-state index contributed by atoms with van der Waals surface area (Å²) >= 11 is 0. The highest BCUT2D eigenvalue weighted by atomic mass is 28.4. The summed E-state index contributed by atoms with van der Waals surface area (Å²) in [4.78, 5) is 0. The van der Waals surface area contributed by atoms with Crippen LogP contribution in [-0.2, 0) is 8.85 Å². The van der Waals surface area contributed by atoms with Crippen molar-refractivity contribution in [2.75, 3.05) is 19.8 Å². The summed E-state index contributed by atoms with van der Waals surface area (Å²) in [6.45, 7) is 12.5. The lowest BCUT2D eigenvalue weighted by molar-refractivity contribution is 0.0122. The average molecular weight is 357 g/mol. The summed E-state index contributed by atoms with van der Waals surface area (Å²) in [5.74, 6) is 0.766. The fraction of sp³-hybridized carbons (Fsp3) is 0.647. The van der Waals surface area contributed by atoms with E-state index in [9.17, 15) is 5.11 Å². The molecule has 0 heterocycles. The molecule has 1 unspecified atom stereocenters.